The summed E-state index contributed by atoms with van der Waals surface area (Å²) >= 11 is 0. The molecule has 1 atom stereocenters. The first kappa shape index (κ1) is 11.9. The lowest BCUT2D eigenvalue weighted by molar-refractivity contribution is -0.142. The van der Waals surface area contributed by atoms with Crippen LogP contribution in [0.5, 0.6) is 0 Å². The van der Waals surface area contributed by atoms with E-state index in [1.165, 1.54) is 0 Å². The Kier molecular flexibility index (Phi) is 4.52. The number of allylic oxidation sites excluding steroid dienone is 2. The molecule has 4 heteroatoms. The number of carbonyl (C=O) groups is 1. The van der Waals surface area contributed by atoms with Crippen LogP contribution < -0.4 is 5.73 Å². The number of rotatable bonds is 4. The number of ether oxygens (including phenoxy) is 1. The Morgan fingerprint density at radius 1 is 1.67 bits per heavy atom. The Morgan fingerprint density at radius 2 is 2.40 bits per heavy atom. The molecule has 0 fully saturated rings. The van der Waals surface area contributed by atoms with Gasteiger partial charge in [-0.3, -0.25) is 4.79 Å². The molecule has 0 aromatic rings. The lowest BCUT2D eigenvalue weighted by Gasteiger charge is -2.19. The molecule has 84 valence electrons. The van der Waals surface area contributed by atoms with Crippen molar-refractivity contribution in [1.29, 1.82) is 0 Å². The Morgan fingerprint density at radius 3 is 2.93 bits per heavy atom. The topological polar surface area (TPSA) is 72.5 Å². The lowest BCUT2D eigenvalue weighted by atomic mass is 9.93. The van der Waals surface area contributed by atoms with Crippen LogP contribution in [0.2, 0.25) is 0 Å². The number of esters is 1. The molecule has 3 N–H and O–H groups in total. The van der Waals surface area contributed by atoms with Crippen molar-refractivity contribution in [3.8, 4) is 0 Å². The lowest BCUT2D eigenvalue weighted by Crippen LogP contribution is -2.20. The van der Waals surface area contributed by atoms with Gasteiger partial charge in [0, 0.05) is 6.54 Å². The van der Waals surface area contributed by atoms with Crippen LogP contribution >= 0.6 is 0 Å². The van der Waals surface area contributed by atoms with Gasteiger partial charge >= 0.3 is 5.97 Å². The number of aliphatic hydroxyl groups excluding tert-OH is 1. The molecule has 1 rings (SSSR count). The average Bonchev–Trinajstić information content (AvgIpc) is 2.21. The van der Waals surface area contributed by atoms with E-state index in [2.05, 4.69) is 0 Å². The van der Waals surface area contributed by atoms with Gasteiger partial charge in [-0.15, -0.1) is 0 Å². The van der Waals surface area contributed by atoms with E-state index in [9.17, 15) is 9.90 Å². The smallest absolute Gasteiger partial charge is 0.310 e. The Bertz CT molecular complexity index is 294. The number of nitrogens with two attached hydrogens (primary N) is 1. The molecular formula is C11H17NO3. The van der Waals surface area contributed by atoms with Crippen LogP contribution in [-0.4, -0.2) is 30.3 Å². The highest BCUT2D eigenvalue weighted by molar-refractivity contribution is 5.73. The molecule has 1 aliphatic rings. The summed E-state index contributed by atoms with van der Waals surface area (Å²) in [5.41, 5.74) is 7.15. The largest absolute Gasteiger partial charge is 0.466 e. The van der Waals surface area contributed by atoms with Gasteiger partial charge in [0.25, 0.3) is 0 Å². The summed E-state index contributed by atoms with van der Waals surface area (Å²) < 4.78 is 4.81. The van der Waals surface area contributed by atoms with E-state index < -0.39 is 6.10 Å². The van der Waals surface area contributed by atoms with Crippen molar-refractivity contribution >= 4 is 5.97 Å². The maximum Gasteiger partial charge on any atom is 0.310 e. The third-order valence-corrected chi connectivity index (χ3v) is 2.33. The molecular weight excluding hydrogens is 194 g/mol. The van der Waals surface area contributed by atoms with Crippen molar-refractivity contribution in [2.75, 3.05) is 13.2 Å². The van der Waals surface area contributed by atoms with Crippen LogP contribution in [0.15, 0.2) is 23.3 Å². The minimum Gasteiger partial charge on any atom is -0.466 e. The van der Waals surface area contributed by atoms with Gasteiger partial charge in [-0.25, -0.2) is 0 Å². The van der Waals surface area contributed by atoms with Gasteiger partial charge in [-0.05, 0) is 18.9 Å². The van der Waals surface area contributed by atoms with E-state index in [-0.39, 0.29) is 12.4 Å². The van der Waals surface area contributed by atoms with E-state index in [0.717, 1.165) is 5.57 Å². The Balaban J connectivity index is 2.58. The molecule has 0 bridgehead atoms. The molecule has 0 heterocycles. The number of carbonyl (C=O) groups excluding carboxylic acids is 1. The zero-order valence-corrected chi connectivity index (χ0v) is 8.90. The van der Waals surface area contributed by atoms with E-state index in [4.69, 9.17) is 10.5 Å². The van der Waals surface area contributed by atoms with Crippen molar-refractivity contribution in [3.63, 3.8) is 0 Å². The molecule has 0 aromatic carbocycles. The van der Waals surface area contributed by atoms with Crippen LogP contribution in [0, 0.1) is 0 Å². The van der Waals surface area contributed by atoms with E-state index in [0.29, 0.717) is 25.1 Å². The summed E-state index contributed by atoms with van der Waals surface area (Å²) in [4.78, 5) is 11.2. The molecule has 0 saturated carbocycles. The number of hydrogen-bond donors (Lipinski definition) is 2. The monoisotopic (exact) mass is 211 g/mol. The van der Waals surface area contributed by atoms with E-state index >= 15 is 0 Å². The van der Waals surface area contributed by atoms with Gasteiger partial charge < -0.3 is 15.6 Å². The van der Waals surface area contributed by atoms with Gasteiger partial charge in [0.05, 0.1) is 19.1 Å². The molecule has 0 aromatic heterocycles. The fourth-order valence-corrected chi connectivity index (χ4v) is 1.49. The molecule has 1 unspecified atom stereocenters. The third kappa shape index (κ3) is 3.49. The first-order valence-electron chi connectivity index (χ1n) is 5.09. The summed E-state index contributed by atoms with van der Waals surface area (Å²) in [6.07, 6.45) is 3.69. The van der Waals surface area contributed by atoms with Gasteiger partial charge in [-0.1, -0.05) is 17.7 Å². The second-order valence-electron chi connectivity index (χ2n) is 3.47. The van der Waals surface area contributed by atoms with Crippen LogP contribution in [-0.2, 0) is 9.53 Å². The molecule has 0 radical (unpaired) electrons. The zero-order chi connectivity index (χ0) is 11.3. The summed E-state index contributed by atoms with van der Waals surface area (Å²) in [5.74, 6) is -0.299. The predicted molar refractivity (Wildman–Crippen MR) is 57.1 cm³/mol. The quantitative estimate of drug-likeness (QED) is 0.665. The minimum absolute atomic E-state index is 0.156. The van der Waals surface area contributed by atoms with Crippen molar-refractivity contribution in [3.05, 3.63) is 23.3 Å². The summed E-state index contributed by atoms with van der Waals surface area (Å²) in [6.45, 7) is 2.57. The molecule has 0 amide bonds. The van der Waals surface area contributed by atoms with Gasteiger partial charge in [0.15, 0.2) is 0 Å². The van der Waals surface area contributed by atoms with Gasteiger partial charge in [-0.2, -0.15) is 0 Å². The van der Waals surface area contributed by atoms with Crippen LogP contribution in [0.3, 0.4) is 0 Å². The Labute approximate surface area is 89.4 Å². The fraction of sp³-hybridized carbons (Fsp3) is 0.545. The SMILES string of the molecule is CCOC(=O)CC1=CC=C(CN)CC1O. The van der Waals surface area contributed by atoms with Crippen molar-refractivity contribution in [2.24, 2.45) is 5.73 Å². The molecule has 0 saturated heterocycles. The highest BCUT2D eigenvalue weighted by atomic mass is 16.5. The van der Waals surface area contributed by atoms with Gasteiger partial charge in [0.1, 0.15) is 0 Å². The average molecular weight is 211 g/mol. The van der Waals surface area contributed by atoms with Crippen molar-refractivity contribution < 1.29 is 14.6 Å². The summed E-state index contributed by atoms with van der Waals surface area (Å²) in [7, 11) is 0. The van der Waals surface area contributed by atoms with E-state index in [1.54, 1.807) is 13.0 Å². The molecule has 0 aliphatic heterocycles. The Hall–Kier alpha value is -1.13. The highest BCUT2D eigenvalue weighted by Gasteiger charge is 2.18. The minimum atomic E-state index is -0.599. The number of aliphatic hydroxyl groups is 1. The molecule has 4 nitrogen and oxygen atoms in total. The van der Waals surface area contributed by atoms with Crippen molar-refractivity contribution in [1.82, 2.24) is 0 Å². The predicted octanol–water partition coefficient (Wildman–Crippen LogP) is 0.516. The highest BCUT2D eigenvalue weighted by Crippen LogP contribution is 2.21. The zero-order valence-electron chi connectivity index (χ0n) is 8.90. The van der Waals surface area contributed by atoms with Gasteiger partial charge in [0.2, 0.25) is 0 Å². The number of hydrogen-bond acceptors (Lipinski definition) is 4. The summed E-state index contributed by atoms with van der Waals surface area (Å²) in [5, 5.41) is 9.72. The maximum atomic E-state index is 11.2. The van der Waals surface area contributed by atoms with Crippen LogP contribution in [0.1, 0.15) is 19.8 Å². The second kappa shape index (κ2) is 5.68. The molecule has 0 spiro atoms. The second-order valence-corrected chi connectivity index (χ2v) is 3.47. The standard InChI is InChI=1S/C11H17NO3/c1-2-15-11(14)6-9-4-3-8(7-12)5-10(9)13/h3-4,10,13H,2,5-7,12H2,1H3. The maximum absolute atomic E-state index is 11.2. The normalized spacial score (nSPS) is 20.6. The fourth-order valence-electron chi connectivity index (χ4n) is 1.49. The van der Waals surface area contributed by atoms with E-state index in [1.807, 2.05) is 6.08 Å². The van der Waals surface area contributed by atoms with Crippen LogP contribution in [0.25, 0.3) is 0 Å². The van der Waals surface area contributed by atoms with Crippen molar-refractivity contribution in [2.45, 2.75) is 25.9 Å². The van der Waals surface area contributed by atoms with Crippen LogP contribution in [0.4, 0.5) is 0 Å². The molecule has 1 aliphatic carbocycles. The summed E-state index contributed by atoms with van der Waals surface area (Å²) in [6, 6.07) is 0. The third-order valence-electron chi connectivity index (χ3n) is 2.33. The molecule has 15 heavy (non-hydrogen) atoms. The first-order valence-corrected chi connectivity index (χ1v) is 5.09. The first-order chi connectivity index (χ1) is 7.17.